The van der Waals surface area contributed by atoms with E-state index in [9.17, 15) is 0 Å². The maximum Gasteiger partial charge on any atom is 0.150 e. The Bertz CT molecular complexity index is 261. The fourth-order valence-electron chi connectivity index (χ4n) is 0.576. The SMILES string of the molecule is C#CC(O)c1sccc1Br. The third kappa shape index (κ3) is 1.40. The number of hydrogen-bond acceptors (Lipinski definition) is 2. The molecular formula is C7H5BrOS. The lowest BCUT2D eigenvalue weighted by atomic mass is 10.3. The van der Waals surface area contributed by atoms with E-state index in [1.54, 1.807) is 0 Å². The Hall–Kier alpha value is -0.300. The molecule has 0 saturated carbocycles. The molecule has 10 heavy (non-hydrogen) atoms. The molecule has 0 aliphatic carbocycles. The summed E-state index contributed by atoms with van der Waals surface area (Å²) in [5.41, 5.74) is 0. The molecule has 0 bridgehead atoms. The van der Waals surface area contributed by atoms with Crippen LogP contribution in [0.5, 0.6) is 0 Å². The quantitative estimate of drug-likeness (QED) is 0.715. The van der Waals surface area contributed by atoms with Crippen molar-refractivity contribution in [1.29, 1.82) is 0 Å². The van der Waals surface area contributed by atoms with Gasteiger partial charge in [0.05, 0.1) is 4.88 Å². The van der Waals surface area contributed by atoms with Gasteiger partial charge >= 0.3 is 0 Å². The van der Waals surface area contributed by atoms with E-state index < -0.39 is 6.10 Å². The third-order valence-corrected chi connectivity index (χ3v) is 2.97. The van der Waals surface area contributed by atoms with Crippen LogP contribution in [0.3, 0.4) is 0 Å². The minimum Gasteiger partial charge on any atom is -0.375 e. The molecule has 0 aromatic carbocycles. The van der Waals surface area contributed by atoms with Crippen molar-refractivity contribution in [1.82, 2.24) is 0 Å². The van der Waals surface area contributed by atoms with Crippen LogP contribution < -0.4 is 0 Å². The molecule has 1 rings (SSSR count). The van der Waals surface area contributed by atoms with Crippen molar-refractivity contribution in [3.8, 4) is 12.3 Å². The summed E-state index contributed by atoms with van der Waals surface area (Å²) in [4.78, 5) is 0.794. The fourth-order valence-corrected chi connectivity index (χ4v) is 2.11. The monoisotopic (exact) mass is 216 g/mol. The van der Waals surface area contributed by atoms with Gasteiger partial charge in [-0.15, -0.1) is 17.8 Å². The molecule has 52 valence electrons. The van der Waals surface area contributed by atoms with E-state index in [0.29, 0.717) is 0 Å². The van der Waals surface area contributed by atoms with Crippen LogP contribution in [0.1, 0.15) is 11.0 Å². The predicted molar refractivity (Wildman–Crippen MR) is 45.8 cm³/mol. The molecule has 0 aliphatic rings. The Balaban J connectivity index is 2.96. The van der Waals surface area contributed by atoms with Crippen molar-refractivity contribution in [3.05, 3.63) is 20.8 Å². The Morgan fingerprint density at radius 3 is 2.90 bits per heavy atom. The Morgan fingerprint density at radius 2 is 2.50 bits per heavy atom. The van der Waals surface area contributed by atoms with Crippen molar-refractivity contribution >= 4 is 27.3 Å². The van der Waals surface area contributed by atoms with Crippen molar-refractivity contribution in [2.45, 2.75) is 6.10 Å². The van der Waals surface area contributed by atoms with Gasteiger partial charge in [-0.3, -0.25) is 0 Å². The van der Waals surface area contributed by atoms with Crippen LogP contribution >= 0.6 is 27.3 Å². The minimum absolute atomic E-state index is 0.769. The van der Waals surface area contributed by atoms with Crippen molar-refractivity contribution in [2.75, 3.05) is 0 Å². The molecule has 1 aromatic rings. The molecule has 0 spiro atoms. The van der Waals surface area contributed by atoms with E-state index in [1.165, 1.54) is 11.3 Å². The number of aliphatic hydroxyl groups is 1. The molecule has 1 aromatic heterocycles. The van der Waals surface area contributed by atoms with Gasteiger partial charge in [-0.05, 0) is 27.4 Å². The summed E-state index contributed by atoms with van der Waals surface area (Å²) in [6.45, 7) is 0. The number of thiophene rings is 1. The highest BCUT2D eigenvalue weighted by Gasteiger charge is 2.08. The van der Waals surface area contributed by atoms with Gasteiger partial charge in [0.25, 0.3) is 0 Å². The molecule has 0 amide bonds. The van der Waals surface area contributed by atoms with Crippen molar-refractivity contribution in [3.63, 3.8) is 0 Å². The fraction of sp³-hybridized carbons (Fsp3) is 0.143. The van der Waals surface area contributed by atoms with E-state index in [0.717, 1.165) is 9.35 Å². The first-order valence-corrected chi connectivity index (χ1v) is 4.30. The van der Waals surface area contributed by atoms with Crippen molar-refractivity contribution < 1.29 is 5.11 Å². The van der Waals surface area contributed by atoms with E-state index in [4.69, 9.17) is 11.5 Å². The number of aliphatic hydroxyl groups excluding tert-OH is 1. The second kappa shape index (κ2) is 3.20. The van der Waals surface area contributed by atoms with Gasteiger partial charge in [0, 0.05) is 4.47 Å². The highest BCUT2D eigenvalue weighted by Crippen LogP contribution is 2.28. The molecule has 1 heterocycles. The highest BCUT2D eigenvalue weighted by molar-refractivity contribution is 9.10. The molecule has 0 aliphatic heterocycles. The normalized spacial score (nSPS) is 12.5. The molecule has 1 N–H and O–H groups in total. The van der Waals surface area contributed by atoms with Crippen molar-refractivity contribution in [2.24, 2.45) is 0 Å². The van der Waals surface area contributed by atoms with Gasteiger partial charge in [-0.2, -0.15) is 0 Å². The Labute approximate surface area is 71.8 Å². The minimum atomic E-state index is -0.769. The standard InChI is InChI=1S/C7H5BrOS/c1-2-6(9)7-5(8)3-4-10-7/h1,3-4,6,9H. The second-order valence-corrected chi connectivity index (χ2v) is 3.50. The van der Waals surface area contributed by atoms with E-state index in [1.807, 2.05) is 11.4 Å². The summed E-state index contributed by atoms with van der Waals surface area (Å²) >= 11 is 4.71. The average molecular weight is 217 g/mol. The van der Waals surface area contributed by atoms with Gasteiger partial charge in [-0.25, -0.2) is 0 Å². The molecule has 0 fully saturated rings. The van der Waals surface area contributed by atoms with Crippen LogP contribution in [0.4, 0.5) is 0 Å². The summed E-state index contributed by atoms with van der Waals surface area (Å²) in [5.74, 6) is 2.24. The predicted octanol–water partition coefficient (Wildman–Crippen LogP) is 2.18. The molecule has 1 nitrogen and oxygen atoms in total. The molecule has 0 saturated heterocycles. The largest absolute Gasteiger partial charge is 0.375 e. The van der Waals surface area contributed by atoms with E-state index >= 15 is 0 Å². The van der Waals surface area contributed by atoms with Gasteiger partial charge in [0.1, 0.15) is 6.10 Å². The third-order valence-electron chi connectivity index (χ3n) is 1.05. The lowest BCUT2D eigenvalue weighted by Gasteiger charge is -1.98. The maximum absolute atomic E-state index is 9.14. The number of terminal acetylenes is 1. The number of halogens is 1. The molecular weight excluding hydrogens is 212 g/mol. The first kappa shape index (κ1) is 7.80. The van der Waals surface area contributed by atoms with Gasteiger partial charge in [0.2, 0.25) is 0 Å². The number of rotatable bonds is 1. The molecule has 1 atom stereocenters. The zero-order valence-corrected chi connectivity index (χ0v) is 7.45. The zero-order valence-electron chi connectivity index (χ0n) is 5.04. The van der Waals surface area contributed by atoms with E-state index in [-0.39, 0.29) is 0 Å². The molecule has 0 radical (unpaired) electrons. The van der Waals surface area contributed by atoms with Gasteiger partial charge in [-0.1, -0.05) is 5.92 Å². The lowest BCUT2D eigenvalue weighted by Crippen LogP contribution is -1.88. The maximum atomic E-state index is 9.14. The smallest absolute Gasteiger partial charge is 0.150 e. The summed E-state index contributed by atoms with van der Waals surface area (Å²) < 4.78 is 0.878. The van der Waals surface area contributed by atoms with Gasteiger partial charge in [0.15, 0.2) is 0 Å². The average Bonchev–Trinajstić information content (AvgIpc) is 2.34. The summed E-state index contributed by atoms with van der Waals surface area (Å²) in [6, 6.07) is 1.86. The first-order chi connectivity index (χ1) is 4.75. The Kier molecular flexibility index (Phi) is 2.50. The topological polar surface area (TPSA) is 20.2 Å². The van der Waals surface area contributed by atoms with Crippen LogP contribution in [0.2, 0.25) is 0 Å². The lowest BCUT2D eigenvalue weighted by molar-refractivity contribution is 0.242. The summed E-state index contributed by atoms with van der Waals surface area (Å²) in [5, 5.41) is 11.0. The van der Waals surface area contributed by atoms with Crippen LogP contribution in [0.15, 0.2) is 15.9 Å². The zero-order chi connectivity index (χ0) is 7.56. The van der Waals surface area contributed by atoms with Gasteiger partial charge < -0.3 is 5.11 Å². The van der Waals surface area contributed by atoms with Crippen LogP contribution in [0, 0.1) is 12.3 Å². The first-order valence-electron chi connectivity index (χ1n) is 2.63. The molecule has 3 heteroatoms. The van der Waals surface area contributed by atoms with E-state index in [2.05, 4.69) is 21.9 Å². The van der Waals surface area contributed by atoms with Crippen LogP contribution in [-0.4, -0.2) is 5.11 Å². The second-order valence-electron chi connectivity index (χ2n) is 1.70. The number of hydrogen-bond donors (Lipinski definition) is 1. The van der Waals surface area contributed by atoms with Crippen LogP contribution in [0.25, 0.3) is 0 Å². The van der Waals surface area contributed by atoms with Crippen LogP contribution in [-0.2, 0) is 0 Å². The summed E-state index contributed by atoms with van der Waals surface area (Å²) in [7, 11) is 0. The summed E-state index contributed by atoms with van der Waals surface area (Å²) in [6.07, 6.45) is 4.25. The molecule has 1 unspecified atom stereocenters. The Morgan fingerprint density at radius 1 is 1.80 bits per heavy atom. The highest BCUT2D eigenvalue weighted by atomic mass is 79.9.